The van der Waals surface area contributed by atoms with Crippen LogP contribution in [0.4, 0.5) is 0 Å². The van der Waals surface area contributed by atoms with Gasteiger partial charge in [0.05, 0.1) is 22.2 Å². The molecule has 0 unspecified atom stereocenters. The zero-order valence-corrected chi connectivity index (χ0v) is 21.6. The second kappa shape index (κ2) is 8.93. The van der Waals surface area contributed by atoms with Gasteiger partial charge in [-0.2, -0.15) is 0 Å². The van der Waals surface area contributed by atoms with E-state index in [0.717, 1.165) is 49.4 Å². The first-order valence-electron chi connectivity index (χ1n) is 13.4. The molecule has 0 N–H and O–H groups in total. The number of nitrogens with zero attached hydrogens (tertiary/aromatic N) is 3. The van der Waals surface area contributed by atoms with Crippen molar-refractivity contribution in [2.45, 2.75) is 0 Å². The summed E-state index contributed by atoms with van der Waals surface area (Å²) in [5.74, 6) is 0.640. The highest BCUT2D eigenvalue weighted by Gasteiger charge is 2.18. The van der Waals surface area contributed by atoms with Crippen LogP contribution in [0.3, 0.4) is 0 Å². The van der Waals surface area contributed by atoms with E-state index in [1.807, 2.05) is 24.3 Å². The number of fused-ring (bicyclic) bond motifs is 6. The molecule has 8 rings (SSSR count). The van der Waals surface area contributed by atoms with Gasteiger partial charge in [-0.05, 0) is 40.1 Å². The van der Waals surface area contributed by atoms with Crippen LogP contribution in [0.15, 0.2) is 133 Å². The van der Waals surface area contributed by atoms with E-state index in [2.05, 4.69) is 114 Å². The first kappa shape index (κ1) is 22.7. The van der Waals surface area contributed by atoms with Gasteiger partial charge in [-0.15, -0.1) is 0 Å². The van der Waals surface area contributed by atoms with Gasteiger partial charge in [0, 0.05) is 21.7 Å². The fourth-order valence-electron chi connectivity index (χ4n) is 5.86. The summed E-state index contributed by atoms with van der Waals surface area (Å²) in [5, 5.41) is 5.65. The number of hydrogen-bond donors (Lipinski definition) is 0. The maximum Gasteiger partial charge on any atom is 0.235 e. The van der Waals surface area contributed by atoms with Crippen LogP contribution in [0.1, 0.15) is 0 Å². The molecule has 0 spiro atoms. The molecule has 0 saturated carbocycles. The van der Waals surface area contributed by atoms with E-state index in [4.69, 9.17) is 17.8 Å². The van der Waals surface area contributed by atoms with Crippen LogP contribution in [-0.4, -0.2) is 22.4 Å². The van der Waals surface area contributed by atoms with Crippen molar-refractivity contribution in [2.75, 3.05) is 0 Å². The van der Waals surface area contributed by atoms with Gasteiger partial charge in [0.1, 0.15) is 7.85 Å². The summed E-state index contributed by atoms with van der Waals surface area (Å²) in [4.78, 5) is 10.3. The Labute approximate surface area is 232 Å². The summed E-state index contributed by atoms with van der Waals surface area (Å²) in [7, 11) is 6.30. The van der Waals surface area contributed by atoms with Crippen molar-refractivity contribution in [3.8, 4) is 28.3 Å². The fourth-order valence-corrected chi connectivity index (χ4v) is 5.86. The average molecular weight is 507 g/mol. The molecule has 0 atom stereocenters. The number of para-hydroxylation sites is 1. The zero-order chi connectivity index (χ0) is 26.6. The summed E-state index contributed by atoms with van der Waals surface area (Å²) >= 11 is 0. The van der Waals surface area contributed by atoms with E-state index >= 15 is 0 Å². The molecule has 8 aromatic rings. The second-order valence-corrected chi connectivity index (χ2v) is 10.1. The Morgan fingerprint density at radius 3 is 2.02 bits per heavy atom. The maximum absolute atomic E-state index is 6.30. The first-order chi connectivity index (χ1) is 19.7. The molecule has 2 heterocycles. The largest absolute Gasteiger partial charge is 0.278 e. The average Bonchev–Trinajstić information content (AvgIpc) is 3.35. The second-order valence-electron chi connectivity index (χ2n) is 10.1. The molecule has 2 aromatic heterocycles. The predicted octanol–water partition coefficient (Wildman–Crippen LogP) is 8.01. The van der Waals surface area contributed by atoms with Crippen LogP contribution in [0.5, 0.6) is 0 Å². The zero-order valence-electron chi connectivity index (χ0n) is 21.6. The van der Waals surface area contributed by atoms with Crippen molar-refractivity contribution in [3.05, 3.63) is 133 Å². The Hall–Kier alpha value is -5.22. The van der Waals surface area contributed by atoms with Gasteiger partial charge < -0.3 is 0 Å². The van der Waals surface area contributed by atoms with Crippen LogP contribution in [0.2, 0.25) is 0 Å². The summed E-state index contributed by atoms with van der Waals surface area (Å²) in [5.41, 5.74) is 8.05. The Morgan fingerprint density at radius 2 is 1.18 bits per heavy atom. The standard InChI is InChI=1S/C36H22BN3/c37-27-19-21-32-30(22-27)34-28-11-5-4-10-25(28)18-20-33(34)40(32)36-38-31-13-7-6-12-29(31)35(39-36)26-16-14-24(15-17-26)23-8-2-1-3-9-23/h1-22H. The molecule has 0 fully saturated rings. The van der Waals surface area contributed by atoms with Gasteiger partial charge in [-0.25, -0.2) is 9.97 Å². The lowest BCUT2D eigenvalue weighted by Crippen LogP contribution is -2.04. The molecule has 0 aliphatic rings. The number of rotatable bonds is 3. The molecule has 0 amide bonds. The van der Waals surface area contributed by atoms with Crippen LogP contribution in [0, 0.1) is 0 Å². The van der Waals surface area contributed by atoms with Crippen molar-refractivity contribution < 1.29 is 0 Å². The summed E-state index contributed by atoms with van der Waals surface area (Å²) in [6.45, 7) is 0. The van der Waals surface area contributed by atoms with Gasteiger partial charge in [0.25, 0.3) is 0 Å². The predicted molar refractivity (Wildman–Crippen MR) is 168 cm³/mol. The molecule has 3 nitrogen and oxygen atoms in total. The van der Waals surface area contributed by atoms with Crippen molar-refractivity contribution in [1.82, 2.24) is 14.5 Å². The third kappa shape index (κ3) is 3.54. The first-order valence-corrected chi connectivity index (χ1v) is 13.4. The highest BCUT2D eigenvalue weighted by atomic mass is 15.2. The quantitative estimate of drug-likeness (QED) is 0.227. The normalized spacial score (nSPS) is 11.6. The van der Waals surface area contributed by atoms with Gasteiger partial charge in [0.15, 0.2) is 0 Å². The smallest absolute Gasteiger partial charge is 0.235 e. The fraction of sp³-hybridized carbons (Fsp3) is 0. The lowest BCUT2D eigenvalue weighted by Gasteiger charge is -2.12. The van der Waals surface area contributed by atoms with Crippen molar-refractivity contribution in [3.63, 3.8) is 0 Å². The topological polar surface area (TPSA) is 30.7 Å². The minimum Gasteiger partial charge on any atom is -0.278 e. The lowest BCUT2D eigenvalue weighted by molar-refractivity contribution is 1.01. The van der Waals surface area contributed by atoms with Crippen LogP contribution in [0.25, 0.3) is 71.8 Å². The van der Waals surface area contributed by atoms with Gasteiger partial charge in [-0.3, -0.25) is 4.57 Å². The van der Waals surface area contributed by atoms with E-state index in [1.165, 1.54) is 21.9 Å². The number of aromatic nitrogens is 3. The van der Waals surface area contributed by atoms with Crippen LogP contribution in [-0.2, 0) is 0 Å². The molecule has 40 heavy (non-hydrogen) atoms. The monoisotopic (exact) mass is 507 g/mol. The molecule has 0 bridgehead atoms. The van der Waals surface area contributed by atoms with Crippen molar-refractivity contribution in [2.24, 2.45) is 0 Å². The van der Waals surface area contributed by atoms with Crippen LogP contribution >= 0.6 is 0 Å². The summed E-state index contributed by atoms with van der Waals surface area (Å²) < 4.78 is 2.17. The van der Waals surface area contributed by atoms with E-state index in [-0.39, 0.29) is 0 Å². The highest BCUT2D eigenvalue weighted by Crippen LogP contribution is 2.37. The van der Waals surface area contributed by atoms with Crippen LogP contribution < -0.4 is 5.46 Å². The molecule has 0 aliphatic carbocycles. The van der Waals surface area contributed by atoms with E-state index in [1.54, 1.807) is 0 Å². The van der Waals surface area contributed by atoms with E-state index < -0.39 is 0 Å². The molecule has 0 aliphatic heterocycles. The molecule has 4 heteroatoms. The van der Waals surface area contributed by atoms with Gasteiger partial charge in [-0.1, -0.05) is 121 Å². The third-order valence-corrected chi connectivity index (χ3v) is 7.74. The van der Waals surface area contributed by atoms with Gasteiger partial charge >= 0.3 is 0 Å². The SMILES string of the molecule is [B]c1ccc2c(c1)c1c3ccccc3ccc1n2-c1nc(-c2ccc(-c3ccccc3)cc2)c2ccccc2n1. The van der Waals surface area contributed by atoms with E-state index in [9.17, 15) is 0 Å². The Bertz CT molecular complexity index is 2210. The van der Waals surface area contributed by atoms with Crippen molar-refractivity contribution in [1.29, 1.82) is 0 Å². The molecule has 0 saturated heterocycles. The Balaban J connectivity index is 1.41. The van der Waals surface area contributed by atoms with Crippen molar-refractivity contribution >= 4 is 56.8 Å². The minimum atomic E-state index is 0.640. The molecule has 2 radical (unpaired) electrons. The molecular weight excluding hydrogens is 485 g/mol. The molecule has 6 aromatic carbocycles. The van der Waals surface area contributed by atoms with E-state index in [0.29, 0.717) is 5.95 Å². The minimum absolute atomic E-state index is 0.640. The molecular formula is C36H22BN3. The Morgan fingerprint density at radius 1 is 0.500 bits per heavy atom. The Kier molecular flexibility index (Phi) is 5.07. The number of benzene rings is 6. The maximum atomic E-state index is 6.30. The van der Waals surface area contributed by atoms with Gasteiger partial charge in [0.2, 0.25) is 5.95 Å². The summed E-state index contributed by atoms with van der Waals surface area (Å²) in [6, 6.07) is 46.2. The lowest BCUT2D eigenvalue weighted by atomic mass is 9.94. The third-order valence-electron chi connectivity index (χ3n) is 7.74. The molecule has 184 valence electrons. The highest BCUT2D eigenvalue weighted by molar-refractivity contribution is 6.34. The summed E-state index contributed by atoms with van der Waals surface area (Å²) in [6.07, 6.45) is 0. The number of hydrogen-bond acceptors (Lipinski definition) is 2.